The van der Waals surface area contributed by atoms with Gasteiger partial charge in [0.15, 0.2) is 5.78 Å². The van der Waals surface area contributed by atoms with E-state index in [0.717, 1.165) is 32.6 Å². The van der Waals surface area contributed by atoms with E-state index in [1.807, 2.05) is 78.9 Å². The summed E-state index contributed by atoms with van der Waals surface area (Å²) in [5, 5.41) is 0. The molecule has 0 aliphatic heterocycles. The van der Waals surface area contributed by atoms with E-state index in [1.54, 1.807) is 0 Å². The summed E-state index contributed by atoms with van der Waals surface area (Å²) in [5.74, 6) is -0.251. The van der Waals surface area contributed by atoms with Crippen molar-refractivity contribution in [3.8, 4) is 0 Å². The van der Waals surface area contributed by atoms with E-state index >= 15 is 0 Å². The summed E-state index contributed by atoms with van der Waals surface area (Å²) in [6.07, 6.45) is 0. The fourth-order valence-corrected chi connectivity index (χ4v) is 3.54. The Hall–Kier alpha value is -2.52. The van der Waals surface area contributed by atoms with Crippen LogP contribution in [0.5, 0.6) is 0 Å². The molecule has 0 unspecified atom stereocenters. The maximum Gasteiger partial charge on any atom is 0.176 e. The molecule has 0 radical (unpaired) electrons. The molecule has 0 spiro atoms. The second-order valence-electron chi connectivity index (χ2n) is 5.73. The molecule has 4 rings (SSSR count). The Bertz CT molecular complexity index is 947. The number of Topliss-reactive ketones (excluding diaryl/α,β-unsaturated/α-hetero) is 1. The highest BCUT2D eigenvalue weighted by Gasteiger charge is 2.37. The number of ketones is 1. The summed E-state index contributed by atoms with van der Waals surface area (Å²) < 4.78 is 0.961. The fourth-order valence-electron chi connectivity index (χ4n) is 3.12. The van der Waals surface area contributed by atoms with Crippen molar-refractivity contribution in [1.82, 2.24) is 0 Å². The number of benzene rings is 3. The largest absolute Gasteiger partial charge is 0.293 e. The molecule has 0 aromatic heterocycles. The van der Waals surface area contributed by atoms with Crippen LogP contribution in [0.25, 0.3) is 0 Å². The molecule has 1 aliphatic carbocycles. The Kier molecular flexibility index (Phi) is 3.87. The van der Waals surface area contributed by atoms with E-state index in [2.05, 4.69) is 15.9 Å². The van der Waals surface area contributed by atoms with Gasteiger partial charge in [-0.1, -0.05) is 70.5 Å². The zero-order valence-electron chi connectivity index (χ0n) is 12.8. The SMILES string of the molecule is O=C1c2ccccc2C(=Nc2ccccc2)[C@H]1c1cccc(Br)c1. The first-order chi connectivity index (χ1) is 11.7. The van der Waals surface area contributed by atoms with Crippen molar-refractivity contribution >= 4 is 33.1 Å². The Balaban J connectivity index is 1.92. The molecule has 24 heavy (non-hydrogen) atoms. The van der Waals surface area contributed by atoms with Crippen molar-refractivity contribution < 1.29 is 4.79 Å². The number of fused-ring (bicyclic) bond motifs is 1. The molecule has 1 aliphatic rings. The normalized spacial score (nSPS) is 18.0. The van der Waals surface area contributed by atoms with Crippen LogP contribution in [0, 0.1) is 0 Å². The minimum absolute atomic E-state index is 0.110. The van der Waals surface area contributed by atoms with Gasteiger partial charge in [-0.2, -0.15) is 0 Å². The molecular weight excluding hydrogens is 362 g/mol. The maximum atomic E-state index is 13.0. The van der Waals surface area contributed by atoms with Gasteiger partial charge in [0.05, 0.1) is 17.3 Å². The maximum absolute atomic E-state index is 13.0. The lowest BCUT2D eigenvalue weighted by Crippen LogP contribution is -2.13. The zero-order chi connectivity index (χ0) is 16.5. The van der Waals surface area contributed by atoms with Gasteiger partial charge in [0.25, 0.3) is 0 Å². The summed E-state index contributed by atoms with van der Waals surface area (Å²) >= 11 is 3.50. The van der Waals surface area contributed by atoms with E-state index < -0.39 is 0 Å². The number of hydrogen-bond donors (Lipinski definition) is 0. The standard InChI is InChI=1S/C21H14BrNO/c22-15-8-6-7-14(13-15)19-20(23-16-9-2-1-3-10-16)17-11-4-5-12-18(17)21(19)24/h1-13,19H/t19-/m1/s1. The van der Waals surface area contributed by atoms with Crippen molar-refractivity contribution in [3.63, 3.8) is 0 Å². The first kappa shape index (κ1) is 15.0. The Labute approximate surface area is 149 Å². The lowest BCUT2D eigenvalue weighted by molar-refractivity contribution is 0.0988. The van der Waals surface area contributed by atoms with Gasteiger partial charge in [-0.25, -0.2) is 0 Å². The molecule has 0 amide bonds. The van der Waals surface area contributed by atoms with Gasteiger partial charge in [-0.15, -0.1) is 0 Å². The summed E-state index contributed by atoms with van der Waals surface area (Å²) in [7, 11) is 0. The number of halogens is 1. The number of aliphatic imine (C=N–C) groups is 1. The highest BCUT2D eigenvalue weighted by atomic mass is 79.9. The molecule has 0 heterocycles. The van der Waals surface area contributed by atoms with Gasteiger partial charge >= 0.3 is 0 Å². The van der Waals surface area contributed by atoms with Gasteiger partial charge in [0.2, 0.25) is 0 Å². The third kappa shape index (κ3) is 2.61. The second-order valence-corrected chi connectivity index (χ2v) is 6.65. The third-order valence-corrected chi connectivity index (χ3v) is 4.69. The lowest BCUT2D eigenvalue weighted by Gasteiger charge is -2.11. The highest BCUT2D eigenvalue weighted by Crippen LogP contribution is 2.36. The van der Waals surface area contributed by atoms with E-state index in [0.29, 0.717) is 0 Å². The van der Waals surface area contributed by atoms with E-state index in [-0.39, 0.29) is 11.7 Å². The van der Waals surface area contributed by atoms with Crippen molar-refractivity contribution in [2.24, 2.45) is 4.99 Å². The topological polar surface area (TPSA) is 29.4 Å². The number of para-hydroxylation sites is 1. The van der Waals surface area contributed by atoms with Crippen molar-refractivity contribution in [2.75, 3.05) is 0 Å². The van der Waals surface area contributed by atoms with Crippen molar-refractivity contribution in [1.29, 1.82) is 0 Å². The van der Waals surface area contributed by atoms with Crippen molar-refractivity contribution in [2.45, 2.75) is 5.92 Å². The molecule has 3 heteroatoms. The quantitative estimate of drug-likeness (QED) is 0.577. The molecule has 2 nitrogen and oxygen atoms in total. The smallest absolute Gasteiger partial charge is 0.176 e. The Morgan fingerprint density at radius 2 is 1.50 bits per heavy atom. The van der Waals surface area contributed by atoms with Gasteiger partial charge in [-0.3, -0.25) is 9.79 Å². The minimum atomic E-state index is -0.361. The van der Waals surface area contributed by atoms with E-state index in [9.17, 15) is 4.79 Å². The molecule has 1 atom stereocenters. The average Bonchev–Trinajstić information content (AvgIpc) is 2.89. The van der Waals surface area contributed by atoms with Crippen LogP contribution in [-0.4, -0.2) is 11.5 Å². The summed E-state index contributed by atoms with van der Waals surface area (Å²) in [5.41, 5.74) is 4.31. The molecule has 0 saturated carbocycles. The fraction of sp³-hybridized carbons (Fsp3) is 0.0476. The average molecular weight is 376 g/mol. The van der Waals surface area contributed by atoms with Crippen LogP contribution in [0.4, 0.5) is 5.69 Å². The summed E-state index contributed by atoms with van der Waals surface area (Å²) in [6.45, 7) is 0. The van der Waals surface area contributed by atoms with E-state index in [1.165, 1.54) is 0 Å². The molecule has 3 aromatic rings. The highest BCUT2D eigenvalue weighted by molar-refractivity contribution is 9.10. The summed E-state index contributed by atoms with van der Waals surface area (Å²) in [4.78, 5) is 17.8. The predicted molar refractivity (Wildman–Crippen MR) is 100 cm³/mol. The first-order valence-electron chi connectivity index (χ1n) is 7.77. The monoisotopic (exact) mass is 375 g/mol. The number of carbonyl (C=O) groups is 1. The van der Waals surface area contributed by atoms with Crippen LogP contribution in [0.2, 0.25) is 0 Å². The Morgan fingerprint density at radius 3 is 2.25 bits per heavy atom. The molecular formula is C21H14BrNO. The van der Waals surface area contributed by atoms with E-state index in [4.69, 9.17) is 4.99 Å². The number of rotatable bonds is 2. The molecule has 116 valence electrons. The second kappa shape index (κ2) is 6.17. The number of nitrogens with zero attached hydrogens (tertiary/aromatic N) is 1. The third-order valence-electron chi connectivity index (χ3n) is 4.19. The van der Waals surface area contributed by atoms with Crippen LogP contribution >= 0.6 is 15.9 Å². The lowest BCUT2D eigenvalue weighted by atomic mass is 9.93. The van der Waals surface area contributed by atoms with Crippen LogP contribution in [0.1, 0.15) is 27.4 Å². The molecule has 3 aromatic carbocycles. The molecule has 0 bridgehead atoms. The zero-order valence-corrected chi connectivity index (χ0v) is 14.4. The van der Waals surface area contributed by atoms with Gasteiger partial charge in [0, 0.05) is 15.6 Å². The molecule has 0 N–H and O–H groups in total. The molecule has 0 saturated heterocycles. The number of hydrogen-bond acceptors (Lipinski definition) is 2. The van der Waals surface area contributed by atoms with Crippen LogP contribution in [-0.2, 0) is 0 Å². The molecule has 0 fully saturated rings. The van der Waals surface area contributed by atoms with Crippen LogP contribution < -0.4 is 0 Å². The number of carbonyl (C=O) groups excluding carboxylic acids is 1. The predicted octanol–water partition coefficient (Wildman–Crippen LogP) is 5.55. The summed E-state index contributed by atoms with van der Waals surface area (Å²) in [6, 6.07) is 25.4. The van der Waals surface area contributed by atoms with Crippen molar-refractivity contribution in [3.05, 3.63) is 100 Å². The van der Waals surface area contributed by atoms with Gasteiger partial charge in [0.1, 0.15) is 0 Å². The van der Waals surface area contributed by atoms with Crippen LogP contribution in [0.15, 0.2) is 88.3 Å². The first-order valence-corrected chi connectivity index (χ1v) is 8.56. The minimum Gasteiger partial charge on any atom is -0.293 e. The van der Waals surface area contributed by atoms with Gasteiger partial charge < -0.3 is 0 Å². The Morgan fingerprint density at radius 1 is 0.792 bits per heavy atom. The van der Waals surface area contributed by atoms with Gasteiger partial charge in [-0.05, 0) is 29.8 Å². The van der Waals surface area contributed by atoms with Crippen LogP contribution in [0.3, 0.4) is 0 Å².